The molecule has 0 fully saturated rings. The van der Waals surface area contributed by atoms with Crippen molar-refractivity contribution in [3.8, 4) is 12.3 Å². The van der Waals surface area contributed by atoms with E-state index in [-0.39, 0.29) is 0 Å². The highest BCUT2D eigenvalue weighted by molar-refractivity contribution is 5.34. The number of aryl methyl sites for hydroxylation is 1. The Labute approximate surface area is 123 Å². The lowest BCUT2D eigenvalue weighted by Gasteiger charge is -2.20. The quantitative estimate of drug-likeness (QED) is 0.739. The lowest BCUT2D eigenvalue weighted by Crippen LogP contribution is -2.27. The van der Waals surface area contributed by atoms with Gasteiger partial charge < -0.3 is 10.2 Å². The maximum Gasteiger partial charge on any atom is 0.226 e. The van der Waals surface area contributed by atoms with E-state index in [1.165, 1.54) is 0 Å². The molecular weight excluding hydrogens is 248 g/mol. The van der Waals surface area contributed by atoms with Crippen molar-refractivity contribution >= 4 is 5.95 Å². The van der Waals surface area contributed by atoms with Gasteiger partial charge in [-0.2, -0.15) is 0 Å². The minimum absolute atomic E-state index is 0.554. The minimum atomic E-state index is 0.554. The Balaban J connectivity index is 2.73. The Morgan fingerprint density at radius 2 is 2.20 bits per heavy atom. The zero-order valence-corrected chi connectivity index (χ0v) is 13.1. The van der Waals surface area contributed by atoms with Gasteiger partial charge in [0.15, 0.2) is 0 Å². The number of nitrogens with zero attached hydrogens (tertiary/aromatic N) is 3. The number of hydrogen-bond acceptors (Lipinski definition) is 4. The lowest BCUT2D eigenvalue weighted by molar-refractivity contribution is 0.550. The van der Waals surface area contributed by atoms with Gasteiger partial charge in [-0.25, -0.2) is 9.97 Å². The molecule has 1 aromatic rings. The highest BCUT2D eigenvalue weighted by Crippen LogP contribution is 2.11. The van der Waals surface area contributed by atoms with E-state index < -0.39 is 0 Å². The summed E-state index contributed by atoms with van der Waals surface area (Å²) in [6, 6.07) is 0. The molecule has 4 nitrogen and oxygen atoms in total. The fourth-order valence-corrected chi connectivity index (χ4v) is 1.93. The van der Waals surface area contributed by atoms with Crippen LogP contribution in [0.15, 0.2) is 6.20 Å². The predicted octanol–water partition coefficient (Wildman–Crippen LogP) is 2.38. The molecule has 110 valence electrons. The van der Waals surface area contributed by atoms with Crippen molar-refractivity contribution in [2.75, 3.05) is 24.5 Å². The van der Waals surface area contributed by atoms with Crippen molar-refractivity contribution in [3.63, 3.8) is 0 Å². The average molecular weight is 274 g/mol. The summed E-state index contributed by atoms with van der Waals surface area (Å²) in [4.78, 5) is 11.1. The summed E-state index contributed by atoms with van der Waals surface area (Å²) < 4.78 is 0. The Morgan fingerprint density at radius 1 is 1.45 bits per heavy atom. The molecule has 1 rings (SSSR count). The topological polar surface area (TPSA) is 41.1 Å². The van der Waals surface area contributed by atoms with E-state index in [9.17, 15) is 0 Å². The summed E-state index contributed by atoms with van der Waals surface area (Å²) in [5, 5.41) is 3.42. The van der Waals surface area contributed by atoms with Crippen LogP contribution >= 0.6 is 0 Å². The molecule has 1 heterocycles. The van der Waals surface area contributed by atoms with E-state index in [0.29, 0.717) is 12.5 Å². The molecule has 0 aliphatic rings. The summed E-state index contributed by atoms with van der Waals surface area (Å²) in [5.41, 5.74) is 2.16. The van der Waals surface area contributed by atoms with Crippen molar-refractivity contribution in [1.82, 2.24) is 15.3 Å². The molecule has 0 unspecified atom stereocenters. The van der Waals surface area contributed by atoms with Gasteiger partial charge in [0.25, 0.3) is 0 Å². The number of terminal acetylenes is 1. The number of rotatable bonds is 8. The summed E-state index contributed by atoms with van der Waals surface area (Å²) in [7, 11) is 0. The largest absolute Gasteiger partial charge is 0.330 e. The summed E-state index contributed by atoms with van der Waals surface area (Å²) in [5.74, 6) is 4.04. The molecule has 0 amide bonds. The van der Waals surface area contributed by atoms with Gasteiger partial charge in [-0.05, 0) is 25.8 Å². The average Bonchev–Trinajstić information content (AvgIpc) is 2.40. The molecule has 0 aromatic carbocycles. The Kier molecular flexibility index (Phi) is 7.03. The monoisotopic (exact) mass is 274 g/mol. The molecule has 20 heavy (non-hydrogen) atoms. The molecule has 0 atom stereocenters. The number of nitrogens with one attached hydrogen (secondary N) is 1. The van der Waals surface area contributed by atoms with Crippen LogP contribution in [0, 0.1) is 25.2 Å². The van der Waals surface area contributed by atoms with E-state index in [1.807, 2.05) is 18.0 Å². The Bertz CT molecular complexity index is 448. The van der Waals surface area contributed by atoms with Crippen molar-refractivity contribution in [2.24, 2.45) is 5.92 Å². The van der Waals surface area contributed by atoms with Gasteiger partial charge >= 0.3 is 0 Å². The van der Waals surface area contributed by atoms with Crippen molar-refractivity contribution in [3.05, 3.63) is 17.5 Å². The maximum atomic E-state index is 5.40. The van der Waals surface area contributed by atoms with Gasteiger partial charge in [0.1, 0.15) is 0 Å². The molecule has 0 bridgehead atoms. The molecule has 0 aliphatic heterocycles. The van der Waals surface area contributed by atoms with Gasteiger partial charge in [0.2, 0.25) is 5.95 Å². The first-order valence-electron chi connectivity index (χ1n) is 7.30. The van der Waals surface area contributed by atoms with Gasteiger partial charge in [-0.1, -0.05) is 26.7 Å². The van der Waals surface area contributed by atoms with Crippen LogP contribution in [0.5, 0.6) is 0 Å². The van der Waals surface area contributed by atoms with Crippen LogP contribution in [0.1, 0.15) is 38.4 Å². The molecule has 0 radical (unpaired) electrons. The molecule has 1 N–H and O–H groups in total. The highest BCUT2D eigenvalue weighted by Gasteiger charge is 2.09. The number of hydrogen-bond donors (Lipinski definition) is 1. The molecule has 0 saturated carbocycles. The highest BCUT2D eigenvalue weighted by atomic mass is 15.2. The fourth-order valence-electron chi connectivity index (χ4n) is 1.93. The van der Waals surface area contributed by atoms with E-state index in [1.54, 1.807) is 0 Å². The molecular formula is C16H26N4. The first-order chi connectivity index (χ1) is 9.58. The third-order valence-electron chi connectivity index (χ3n) is 2.99. The van der Waals surface area contributed by atoms with Crippen molar-refractivity contribution in [1.29, 1.82) is 0 Å². The molecule has 0 spiro atoms. The van der Waals surface area contributed by atoms with E-state index in [2.05, 4.69) is 42.0 Å². The van der Waals surface area contributed by atoms with Crippen molar-refractivity contribution in [2.45, 2.75) is 40.7 Å². The van der Waals surface area contributed by atoms with Crippen LogP contribution < -0.4 is 10.2 Å². The molecule has 1 aromatic heterocycles. The van der Waals surface area contributed by atoms with E-state index in [0.717, 1.165) is 43.3 Å². The maximum absolute atomic E-state index is 5.40. The fraction of sp³-hybridized carbons (Fsp3) is 0.625. The second-order valence-electron chi connectivity index (χ2n) is 5.43. The normalized spacial score (nSPS) is 10.6. The minimum Gasteiger partial charge on any atom is -0.330 e. The van der Waals surface area contributed by atoms with Crippen LogP contribution in [0.25, 0.3) is 0 Å². The number of aromatic nitrogens is 2. The van der Waals surface area contributed by atoms with Crippen LogP contribution in [-0.2, 0) is 6.54 Å². The Morgan fingerprint density at radius 3 is 2.75 bits per heavy atom. The van der Waals surface area contributed by atoms with Gasteiger partial charge in [0, 0.05) is 30.5 Å². The SMILES string of the molecule is C#CCN(CCC)c1ncc(CNCC(C)C)c(C)n1. The zero-order chi connectivity index (χ0) is 15.0. The van der Waals surface area contributed by atoms with E-state index in [4.69, 9.17) is 6.42 Å². The molecule has 0 saturated heterocycles. The van der Waals surface area contributed by atoms with Gasteiger partial charge in [-0.3, -0.25) is 0 Å². The first-order valence-corrected chi connectivity index (χ1v) is 7.30. The van der Waals surface area contributed by atoms with Crippen LogP contribution in [-0.4, -0.2) is 29.6 Å². The molecule has 4 heteroatoms. The molecule has 0 aliphatic carbocycles. The second-order valence-corrected chi connectivity index (χ2v) is 5.43. The third-order valence-corrected chi connectivity index (χ3v) is 2.99. The summed E-state index contributed by atoms with van der Waals surface area (Å²) in [6.45, 7) is 11.8. The standard InChI is InChI=1S/C16H26N4/c1-6-8-20(9-7-2)16-18-12-15(14(5)19-16)11-17-10-13(3)4/h1,12-13,17H,7-11H2,2-5H3. The lowest BCUT2D eigenvalue weighted by atomic mass is 10.2. The van der Waals surface area contributed by atoms with Crippen molar-refractivity contribution < 1.29 is 0 Å². The van der Waals surface area contributed by atoms with Gasteiger partial charge in [0.05, 0.1) is 6.54 Å². The number of anilines is 1. The van der Waals surface area contributed by atoms with E-state index >= 15 is 0 Å². The van der Waals surface area contributed by atoms with Gasteiger partial charge in [-0.15, -0.1) is 6.42 Å². The second kappa shape index (κ2) is 8.55. The predicted molar refractivity (Wildman–Crippen MR) is 84.7 cm³/mol. The zero-order valence-electron chi connectivity index (χ0n) is 13.1. The summed E-state index contributed by atoms with van der Waals surface area (Å²) >= 11 is 0. The van der Waals surface area contributed by atoms with Crippen LogP contribution in [0.4, 0.5) is 5.95 Å². The first kappa shape index (κ1) is 16.5. The summed E-state index contributed by atoms with van der Waals surface area (Å²) in [6.07, 6.45) is 8.34. The third kappa shape index (κ3) is 5.18. The Hall–Kier alpha value is -1.60. The van der Waals surface area contributed by atoms with Crippen LogP contribution in [0.3, 0.4) is 0 Å². The van der Waals surface area contributed by atoms with Crippen LogP contribution in [0.2, 0.25) is 0 Å². The smallest absolute Gasteiger partial charge is 0.226 e.